The van der Waals surface area contributed by atoms with E-state index in [1.54, 1.807) is 10.6 Å². The van der Waals surface area contributed by atoms with Crippen molar-refractivity contribution in [2.45, 2.75) is 26.2 Å². The van der Waals surface area contributed by atoms with Gasteiger partial charge in [-0.25, -0.2) is 0 Å². The molecular weight excluding hydrogens is 196 g/mol. The lowest BCUT2D eigenvalue weighted by Gasteiger charge is -2.02. The molecule has 0 amide bonds. The van der Waals surface area contributed by atoms with E-state index in [1.165, 1.54) is 12.8 Å². The van der Waals surface area contributed by atoms with Gasteiger partial charge in [-0.3, -0.25) is 9.56 Å². The summed E-state index contributed by atoms with van der Waals surface area (Å²) in [6.45, 7) is 6.77. The Morgan fingerprint density at radius 1 is 1.56 bits per heavy atom. The smallest absolute Gasteiger partial charge is 0.146 e. The van der Waals surface area contributed by atoms with Gasteiger partial charge in [0.05, 0.1) is 0 Å². The first-order valence-corrected chi connectivity index (χ1v) is 5.64. The predicted molar refractivity (Wildman–Crippen MR) is 68.7 cm³/mol. The first-order chi connectivity index (χ1) is 7.83. The highest BCUT2D eigenvalue weighted by Gasteiger charge is 1.95. The topological polar surface area (TPSA) is 17.3 Å². The lowest BCUT2D eigenvalue weighted by atomic mass is 10.2. The summed E-state index contributed by atoms with van der Waals surface area (Å²) in [5, 5.41) is 0. The zero-order valence-electron chi connectivity index (χ0n) is 9.82. The maximum atomic E-state index is 5.42. The summed E-state index contributed by atoms with van der Waals surface area (Å²) < 4.78 is 1.70. The monoisotopic (exact) mass is 214 g/mol. The Labute approximate surface area is 97.4 Å². The van der Waals surface area contributed by atoms with E-state index in [9.17, 15) is 0 Å². The molecule has 0 spiro atoms. The van der Waals surface area contributed by atoms with Crippen molar-refractivity contribution in [1.82, 2.24) is 4.57 Å². The molecule has 0 radical (unpaired) electrons. The molecule has 0 bridgehead atoms. The van der Waals surface area contributed by atoms with Crippen LogP contribution in [-0.4, -0.2) is 11.1 Å². The number of terminal acetylenes is 1. The average molecular weight is 214 g/mol. The minimum absolute atomic E-state index is 0.820. The van der Waals surface area contributed by atoms with Crippen LogP contribution in [0.4, 0.5) is 0 Å². The maximum absolute atomic E-state index is 5.42. The fourth-order valence-corrected chi connectivity index (χ4v) is 1.49. The van der Waals surface area contributed by atoms with Crippen LogP contribution in [0.15, 0.2) is 29.9 Å². The summed E-state index contributed by atoms with van der Waals surface area (Å²) in [6.07, 6.45) is 12.6. The molecule has 0 saturated carbocycles. The Morgan fingerprint density at radius 3 is 3.00 bits per heavy atom. The summed E-state index contributed by atoms with van der Waals surface area (Å²) in [6, 6.07) is 6.46. The van der Waals surface area contributed by atoms with Gasteiger partial charge in [0.2, 0.25) is 0 Å². The van der Waals surface area contributed by atoms with Crippen LogP contribution in [-0.2, 0) is 0 Å². The molecule has 84 valence electrons. The second kappa shape index (κ2) is 6.68. The van der Waals surface area contributed by atoms with Crippen molar-refractivity contribution in [3.8, 4) is 12.5 Å². The van der Waals surface area contributed by atoms with Gasteiger partial charge >= 0.3 is 0 Å². The molecule has 16 heavy (non-hydrogen) atoms. The quantitative estimate of drug-likeness (QED) is 0.529. The summed E-state index contributed by atoms with van der Waals surface area (Å²) in [5.41, 5.74) is 1.81. The molecule has 2 heteroatoms. The summed E-state index contributed by atoms with van der Waals surface area (Å²) in [5.74, 6) is 0. The molecule has 2 nitrogen and oxygen atoms in total. The van der Waals surface area contributed by atoms with E-state index in [0.717, 1.165) is 24.0 Å². The molecule has 0 saturated heterocycles. The van der Waals surface area contributed by atoms with Gasteiger partial charge in [-0.15, -0.1) is 0 Å². The maximum Gasteiger partial charge on any atom is 0.146 e. The van der Waals surface area contributed by atoms with E-state index in [-0.39, 0.29) is 0 Å². The van der Waals surface area contributed by atoms with E-state index in [4.69, 9.17) is 6.42 Å². The molecule has 0 unspecified atom stereocenters. The number of aromatic nitrogens is 1. The van der Waals surface area contributed by atoms with Gasteiger partial charge in [0.25, 0.3) is 0 Å². The molecule has 0 aliphatic carbocycles. The number of hydrogen-bond acceptors (Lipinski definition) is 1. The molecule has 0 aliphatic rings. The molecule has 1 aromatic rings. The van der Waals surface area contributed by atoms with Crippen molar-refractivity contribution in [2.75, 3.05) is 6.54 Å². The van der Waals surface area contributed by atoms with Crippen molar-refractivity contribution >= 4 is 6.08 Å². The van der Waals surface area contributed by atoms with Crippen LogP contribution < -0.4 is 5.49 Å². The zero-order chi connectivity index (χ0) is 11.8. The molecule has 0 N–H and O–H groups in total. The zero-order valence-corrected chi connectivity index (χ0v) is 9.82. The number of nitrogens with zero attached hydrogens (tertiary/aromatic N) is 2. The minimum Gasteiger partial charge on any atom is -0.267 e. The number of hydrogen-bond donors (Lipinski definition) is 0. The lowest BCUT2D eigenvalue weighted by molar-refractivity contribution is 0.713. The van der Waals surface area contributed by atoms with Crippen LogP contribution in [0.2, 0.25) is 0 Å². The standard InChI is InChI=1S/C14H18N2/c1-4-7-8-11-15-14-13(5-2)10-9-12-16(14)6-3/h3,5,9-10,12H,2,4,7-8,11H2,1H3/b15-14-. The van der Waals surface area contributed by atoms with E-state index >= 15 is 0 Å². The third-order valence-electron chi connectivity index (χ3n) is 2.38. The molecule has 0 aliphatic heterocycles. The second-order valence-corrected chi connectivity index (χ2v) is 3.58. The fraction of sp³-hybridized carbons (Fsp3) is 0.357. The second-order valence-electron chi connectivity index (χ2n) is 3.58. The van der Waals surface area contributed by atoms with Crippen molar-refractivity contribution in [2.24, 2.45) is 4.99 Å². The number of rotatable bonds is 5. The summed E-state index contributed by atoms with van der Waals surface area (Å²) in [7, 11) is 0. The van der Waals surface area contributed by atoms with E-state index in [2.05, 4.69) is 24.5 Å². The van der Waals surface area contributed by atoms with Crippen LogP contribution in [0.3, 0.4) is 0 Å². The van der Waals surface area contributed by atoms with Crippen molar-refractivity contribution < 1.29 is 0 Å². The minimum atomic E-state index is 0.820. The van der Waals surface area contributed by atoms with E-state index in [0.29, 0.717) is 0 Å². The van der Waals surface area contributed by atoms with Gasteiger partial charge in [0.15, 0.2) is 0 Å². The molecule has 1 heterocycles. The molecule has 1 aromatic heterocycles. The fourth-order valence-electron chi connectivity index (χ4n) is 1.49. The van der Waals surface area contributed by atoms with Gasteiger partial charge in [0.1, 0.15) is 5.49 Å². The average Bonchev–Trinajstić information content (AvgIpc) is 2.34. The van der Waals surface area contributed by atoms with Gasteiger partial charge in [-0.05, 0) is 18.6 Å². The summed E-state index contributed by atoms with van der Waals surface area (Å²) in [4.78, 5) is 4.53. The van der Waals surface area contributed by atoms with Crippen molar-refractivity contribution in [1.29, 1.82) is 0 Å². The number of pyridine rings is 1. The van der Waals surface area contributed by atoms with Crippen LogP contribution in [0.25, 0.3) is 6.08 Å². The third-order valence-corrected chi connectivity index (χ3v) is 2.38. The Balaban J connectivity index is 3.00. The van der Waals surface area contributed by atoms with E-state index < -0.39 is 0 Å². The Kier molecular flexibility index (Phi) is 5.15. The Hall–Kier alpha value is -1.75. The Bertz CT molecular complexity index is 447. The highest BCUT2D eigenvalue weighted by Crippen LogP contribution is 1.96. The number of unbranched alkanes of at least 4 members (excludes halogenated alkanes) is 2. The van der Waals surface area contributed by atoms with Crippen molar-refractivity contribution in [3.63, 3.8) is 0 Å². The predicted octanol–water partition coefficient (Wildman–Crippen LogP) is 2.66. The Morgan fingerprint density at radius 2 is 2.38 bits per heavy atom. The molecule has 0 atom stereocenters. The molecular formula is C14H18N2. The normalized spacial score (nSPS) is 11.1. The molecule has 0 fully saturated rings. The van der Waals surface area contributed by atoms with Gasteiger partial charge in [-0.1, -0.05) is 38.8 Å². The molecule has 0 aromatic carbocycles. The SMILES string of the molecule is C#Cn1cccc(C=C)/c1=N/CCCCC. The first-order valence-electron chi connectivity index (χ1n) is 5.64. The third kappa shape index (κ3) is 3.13. The first kappa shape index (κ1) is 12.3. The van der Waals surface area contributed by atoms with Gasteiger partial charge in [0, 0.05) is 24.3 Å². The van der Waals surface area contributed by atoms with Gasteiger partial charge < -0.3 is 0 Å². The van der Waals surface area contributed by atoms with Crippen LogP contribution in [0, 0.1) is 12.5 Å². The highest BCUT2D eigenvalue weighted by molar-refractivity contribution is 5.44. The van der Waals surface area contributed by atoms with Gasteiger partial charge in [-0.2, -0.15) is 0 Å². The lowest BCUT2D eigenvalue weighted by Crippen LogP contribution is -2.20. The van der Waals surface area contributed by atoms with Crippen LogP contribution in [0.1, 0.15) is 31.7 Å². The molecule has 1 rings (SSSR count). The highest BCUT2D eigenvalue weighted by atomic mass is 15.0. The van der Waals surface area contributed by atoms with Crippen LogP contribution >= 0.6 is 0 Å². The van der Waals surface area contributed by atoms with E-state index in [1.807, 2.05) is 18.3 Å². The van der Waals surface area contributed by atoms with Crippen molar-refractivity contribution in [3.05, 3.63) is 36.0 Å². The van der Waals surface area contributed by atoms with Crippen LogP contribution in [0.5, 0.6) is 0 Å². The summed E-state index contributed by atoms with van der Waals surface area (Å²) >= 11 is 0. The largest absolute Gasteiger partial charge is 0.267 e.